The molecule has 0 aromatic carbocycles. The highest BCUT2D eigenvalue weighted by molar-refractivity contribution is 7.07. The molecule has 7 heteroatoms. The molecule has 1 amide bonds. The lowest BCUT2D eigenvalue weighted by Crippen LogP contribution is -2.45. The maximum absolute atomic E-state index is 12.4. The summed E-state index contributed by atoms with van der Waals surface area (Å²) in [6.45, 7) is 0.572. The Labute approximate surface area is 129 Å². The standard InChI is InChI=1S/C13H21N3O2S.ClH/c1-16(6-10-7-19-8-15-10)13(17)9-3-4-11(14)12(5-9)18-2;/h7-9,11-12H,3-6,14H2,1-2H3;1H/t9-,11+,12+;/m0./s1. The van der Waals surface area contributed by atoms with Crippen LogP contribution in [-0.4, -0.2) is 42.1 Å². The Bertz CT molecular complexity index is 416. The van der Waals surface area contributed by atoms with Crippen LogP contribution in [0.5, 0.6) is 0 Å². The predicted octanol–water partition coefficient (Wildman–Crippen LogP) is 1.67. The van der Waals surface area contributed by atoms with Gasteiger partial charge in [0, 0.05) is 31.5 Å². The van der Waals surface area contributed by atoms with Crippen LogP contribution in [0.4, 0.5) is 0 Å². The van der Waals surface area contributed by atoms with Crippen molar-refractivity contribution in [3.63, 3.8) is 0 Å². The zero-order valence-electron chi connectivity index (χ0n) is 11.8. The second kappa shape index (κ2) is 7.93. The van der Waals surface area contributed by atoms with Crippen LogP contribution in [0.1, 0.15) is 25.0 Å². The van der Waals surface area contributed by atoms with E-state index >= 15 is 0 Å². The number of carbonyl (C=O) groups excluding carboxylic acids is 1. The lowest BCUT2D eigenvalue weighted by molar-refractivity contribution is -0.137. The molecular weight excluding hydrogens is 298 g/mol. The van der Waals surface area contributed by atoms with E-state index in [1.165, 1.54) is 0 Å². The molecule has 1 aromatic heterocycles. The number of thiazole rings is 1. The summed E-state index contributed by atoms with van der Waals surface area (Å²) in [6, 6.07) is 0.0536. The normalized spacial score (nSPS) is 25.9. The summed E-state index contributed by atoms with van der Waals surface area (Å²) in [5.41, 5.74) is 8.71. The summed E-state index contributed by atoms with van der Waals surface area (Å²) < 4.78 is 5.36. The van der Waals surface area contributed by atoms with Crippen molar-refractivity contribution in [1.82, 2.24) is 9.88 Å². The average Bonchev–Trinajstić information content (AvgIpc) is 2.91. The van der Waals surface area contributed by atoms with E-state index in [4.69, 9.17) is 10.5 Å². The number of aromatic nitrogens is 1. The van der Waals surface area contributed by atoms with Crippen molar-refractivity contribution < 1.29 is 9.53 Å². The van der Waals surface area contributed by atoms with E-state index in [2.05, 4.69) is 4.98 Å². The van der Waals surface area contributed by atoms with E-state index in [1.807, 2.05) is 12.4 Å². The number of methoxy groups -OCH3 is 1. The molecule has 1 aliphatic rings. The van der Waals surface area contributed by atoms with E-state index in [0.717, 1.165) is 25.0 Å². The lowest BCUT2D eigenvalue weighted by Gasteiger charge is -2.34. The van der Waals surface area contributed by atoms with Gasteiger partial charge in [0.15, 0.2) is 0 Å². The van der Waals surface area contributed by atoms with Crippen LogP contribution in [0.2, 0.25) is 0 Å². The van der Waals surface area contributed by atoms with Crippen LogP contribution in [0.25, 0.3) is 0 Å². The molecular formula is C13H22ClN3O2S. The Kier molecular flexibility index (Phi) is 6.88. The van der Waals surface area contributed by atoms with E-state index in [0.29, 0.717) is 6.54 Å². The number of ether oxygens (including phenoxy) is 1. The number of rotatable bonds is 4. The smallest absolute Gasteiger partial charge is 0.225 e. The molecule has 0 aliphatic heterocycles. The Morgan fingerprint density at radius 1 is 1.60 bits per heavy atom. The fourth-order valence-electron chi connectivity index (χ4n) is 2.60. The van der Waals surface area contributed by atoms with Crippen molar-refractivity contribution in [2.75, 3.05) is 14.2 Å². The molecule has 2 N–H and O–H groups in total. The van der Waals surface area contributed by atoms with E-state index < -0.39 is 0 Å². The highest BCUT2D eigenvalue weighted by Crippen LogP contribution is 2.27. The van der Waals surface area contributed by atoms with Crippen LogP contribution in [0.3, 0.4) is 0 Å². The van der Waals surface area contributed by atoms with Gasteiger partial charge in [-0.2, -0.15) is 0 Å². The van der Waals surface area contributed by atoms with Crippen LogP contribution < -0.4 is 5.73 Å². The minimum atomic E-state index is -0.00428. The van der Waals surface area contributed by atoms with Crippen molar-refractivity contribution in [3.05, 3.63) is 16.6 Å². The highest BCUT2D eigenvalue weighted by Gasteiger charge is 2.33. The molecule has 114 valence electrons. The van der Waals surface area contributed by atoms with Gasteiger partial charge in [-0.25, -0.2) is 4.98 Å². The average molecular weight is 320 g/mol. The van der Waals surface area contributed by atoms with Gasteiger partial charge in [-0.1, -0.05) is 0 Å². The van der Waals surface area contributed by atoms with Crippen molar-refractivity contribution >= 4 is 29.7 Å². The second-order valence-corrected chi connectivity index (χ2v) is 5.84. The van der Waals surface area contributed by atoms with Gasteiger partial charge in [-0.05, 0) is 19.3 Å². The van der Waals surface area contributed by atoms with Crippen LogP contribution >= 0.6 is 23.7 Å². The molecule has 3 atom stereocenters. The molecule has 5 nitrogen and oxygen atoms in total. The maximum atomic E-state index is 12.4. The number of nitrogens with two attached hydrogens (primary N) is 1. The molecule has 1 aliphatic carbocycles. The summed E-state index contributed by atoms with van der Waals surface area (Å²) in [7, 11) is 3.49. The molecule has 2 rings (SSSR count). The van der Waals surface area contributed by atoms with Gasteiger partial charge in [-0.15, -0.1) is 23.7 Å². The zero-order valence-corrected chi connectivity index (χ0v) is 13.5. The van der Waals surface area contributed by atoms with Crippen molar-refractivity contribution in [2.24, 2.45) is 11.7 Å². The van der Waals surface area contributed by atoms with E-state index in [1.54, 1.807) is 28.9 Å². The Balaban J connectivity index is 0.00000200. The third kappa shape index (κ3) is 4.15. The van der Waals surface area contributed by atoms with Gasteiger partial charge >= 0.3 is 0 Å². The third-order valence-corrected chi connectivity index (χ3v) is 4.39. The topological polar surface area (TPSA) is 68.5 Å². The first kappa shape index (κ1) is 17.4. The molecule has 0 bridgehead atoms. The maximum Gasteiger partial charge on any atom is 0.225 e. The van der Waals surface area contributed by atoms with Gasteiger partial charge in [0.25, 0.3) is 0 Å². The molecule has 1 saturated carbocycles. The Morgan fingerprint density at radius 2 is 2.35 bits per heavy atom. The predicted molar refractivity (Wildman–Crippen MR) is 81.9 cm³/mol. The molecule has 20 heavy (non-hydrogen) atoms. The van der Waals surface area contributed by atoms with E-state index in [9.17, 15) is 4.79 Å². The molecule has 0 unspecified atom stereocenters. The summed E-state index contributed by atoms with van der Waals surface area (Å²) in [5.74, 6) is 0.190. The molecule has 0 radical (unpaired) electrons. The molecule has 1 heterocycles. The van der Waals surface area contributed by atoms with E-state index in [-0.39, 0.29) is 36.4 Å². The first-order chi connectivity index (χ1) is 9.11. The fourth-order valence-corrected chi connectivity index (χ4v) is 3.15. The SMILES string of the molecule is CO[C@@H]1C[C@@H](C(=O)N(C)Cc2cscn2)CC[C@H]1N.Cl. The Morgan fingerprint density at radius 3 is 2.95 bits per heavy atom. The minimum absolute atomic E-state index is 0. The van der Waals surface area contributed by atoms with Crippen LogP contribution in [0, 0.1) is 5.92 Å². The molecule has 1 fully saturated rings. The van der Waals surface area contributed by atoms with Crippen molar-refractivity contribution in [1.29, 1.82) is 0 Å². The number of carbonyl (C=O) groups is 1. The molecule has 0 saturated heterocycles. The number of halogens is 1. The fraction of sp³-hybridized carbons (Fsp3) is 0.692. The highest BCUT2D eigenvalue weighted by atomic mass is 35.5. The van der Waals surface area contributed by atoms with Crippen LogP contribution in [-0.2, 0) is 16.1 Å². The summed E-state index contributed by atoms with van der Waals surface area (Å²) in [4.78, 5) is 18.4. The molecule has 1 aromatic rings. The molecule has 0 spiro atoms. The van der Waals surface area contributed by atoms with Gasteiger partial charge in [0.1, 0.15) is 0 Å². The number of hydrogen-bond acceptors (Lipinski definition) is 5. The first-order valence-electron chi connectivity index (χ1n) is 6.52. The van der Waals surface area contributed by atoms with Gasteiger partial charge in [0.05, 0.1) is 23.9 Å². The summed E-state index contributed by atoms with van der Waals surface area (Å²) in [5, 5.41) is 1.97. The second-order valence-electron chi connectivity index (χ2n) is 5.12. The van der Waals surface area contributed by atoms with Crippen molar-refractivity contribution in [3.8, 4) is 0 Å². The minimum Gasteiger partial charge on any atom is -0.380 e. The quantitative estimate of drug-likeness (QED) is 0.916. The number of hydrogen-bond donors (Lipinski definition) is 1. The van der Waals surface area contributed by atoms with Gasteiger partial charge < -0.3 is 15.4 Å². The zero-order chi connectivity index (χ0) is 13.8. The van der Waals surface area contributed by atoms with Crippen LogP contribution in [0.15, 0.2) is 10.9 Å². The van der Waals surface area contributed by atoms with Gasteiger partial charge in [-0.3, -0.25) is 4.79 Å². The van der Waals surface area contributed by atoms with Crippen molar-refractivity contribution in [2.45, 2.75) is 38.0 Å². The number of nitrogens with zero attached hydrogens (tertiary/aromatic N) is 2. The van der Waals surface area contributed by atoms with Gasteiger partial charge in [0.2, 0.25) is 5.91 Å². The largest absolute Gasteiger partial charge is 0.380 e. The monoisotopic (exact) mass is 319 g/mol. The summed E-state index contributed by atoms with van der Waals surface area (Å²) >= 11 is 1.55. The third-order valence-electron chi connectivity index (χ3n) is 3.75. The first-order valence-corrected chi connectivity index (χ1v) is 7.46. The Hall–Kier alpha value is -0.690. The number of amides is 1. The lowest BCUT2D eigenvalue weighted by atomic mass is 9.83. The summed E-state index contributed by atoms with van der Waals surface area (Å²) in [6.07, 6.45) is 2.41.